The molecule has 2 aliphatic carbocycles. The zero-order valence-electron chi connectivity index (χ0n) is 16.5. The molecule has 154 valence electrons. The van der Waals surface area contributed by atoms with Crippen LogP contribution < -0.4 is 5.49 Å². The molecule has 0 N–H and O–H groups in total. The summed E-state index contributed by atoms with van der Waals surface area (Å²) in [6.45, 7) is 5.31. The van der Waals surface area contributed by atoms with Crippen molar-refractivity contribution in [2.75, 3.05) is 0 Å². The lowest BCUT2D eigenvalue weighted by Gasteiger charge is -2.27. The molecular weight excluding hydrogens is 401 g/mol. The van der Waals surface area contributed by atoms with Crippen molar-refractivity contribution in [2.24, 2.45) is 10.9 Å². The minimum Gasteiger partial charge on any atom is -0.325 e. The minimum absolute atomic E-state index is 0.320. The number of pyridine rings is 1. The van der Waals surface area contributed by atoms with Gasteiger partial charge in [0.1, 0.15) is 11.0 Å². The Balaban J connectivity index is 1.82. The fraction of sp³-hybridized carbons (Fsp3) is 0.476. The first-order valence-corrected chi connectivity index (χ1v) is 10.1. The summed E-state index contributed by atoms with van der Waals surface area (Å²) < 4.78 is 42.1. The van der Waals surface area contributed by atoms with Gasteiger partial charge < -0.3 is 4.57 Å². The molecule has 0 aliphatic heterocycles. The molecule has 0 saturated heterocycles. The highest BCUT2D eigenvalue weighted by Gasteiger charge is 2.37. The Morgan fingerprint density at radius 3 is 2.66 bits per heavy atom. The summed E-state index contributed by atoms with van der Waals surface area (Å²) >= 11 is 6.12. The molecule has 4 rings (SSSR count). The van der Waals surface area contributed by atoms with E-state index in [-0.39, 0.29) is 12.0 Å². The van der Waals surface area contributed by atoms with E-state index in [0.717, 1.165) is 29.6 Å². The lowest BCUT2D eigenvalue weighted by Crippen LogP contribution is -2.27. The van der Waals surface area contributed by atoms with Crippen LogP contribution in [0.1, 0.15) is 45.0 Å². The molecule has 8 heteroatoms. The number of fused-ring (bicyclic) bond motifs is 1. The molecule has 29 heavy (non-hydrogen) atoms. The molecule has 2 aromatic rings. The van der Waals surface area contributed by atoms with Crippen molar-refractivity contribution < 1.29 is 13.2 Å². The Kier molecular flexibility index (Phi) is 5.05. The SMILES string of the molecule is CC1=C(C(F)(F)F)C=CCC1[C@@H](C)N=c1nc(C)n(C2CC2)c2cnc(Cl)cc12. The van der Waals surface area contributed by atoms with Crippen LogP contribution in [0.25, 0.3) is 10.9 Å². The van der Waals surface area contributed by atoms with Crippen molar-refractivity contribution in [3.8, 4) is 0 Å². The predicted molar refractivity (Wildman–Crippen MR) is 107 cm³/mol. The number of rotatable bonds is 3. The summed E-state index contributed by atoms with van der Waals surface area (Å²) in [4.78, 5) is 13.7. The molecule has 1 unspecified atom stereocenters. The topological polar surface area (TPSA) is 43.1 Å². The molecule has 2 aromatic heterocycles. The van der Waals surface area contributed by atoms with Gasteiger partial charge in [-0.25, -0.2) is 9.97 Å². The van der Waals surface area contributed by atoms with E-state index in [9.17, 15) is 13.2 Å². The minimum atomic E-state index is -4.36. The number of aryl methyl sites for hydroxylation is 1. The van der Waals surface area contributed by atoms with Crippen LogP contribution >= 0.6 is 11.6 Å². The van der Waals surface area contributed by atoms with Crippen LogP contribution in [0.3, 0.4) is 0 Å². The molecule has 2 heterocycles. The zero-order chi connectivity index (χ0) is 20.9. The van der Waals surface area contributed by atoms with E-state index >= 15 is 0 Å². The molecule has 2 atom stereocenters. The number of hydrogen-bond donors (Lipinski definition) is 0. The molecule has 1 fully saturated rings. The Bertz CT molecular complexity index is 1090. The maximum absolute atomic E-state index is 13.3. The molecule has 0 aromatic carbocycles. The number of allylic oxidation sites excluding steroid dienone is 3. The molecule has 1 saturated carbocycles. The van der Waals surface area contributed by atoms with Crippen LogP contribution in [0.2, 0.25) is 5.15 Å². The number of alkyl halides is 3. The summed E-state index contributed by atoms with van der Waals surface area (Å²) in [6.07, 6.45) is 2.82. The van der Waals surface area contributed by atoms with E-state index in [1.54, 1.807) is 25.3 Å². The van der Waals surface area contributed by atoms with Crippen LogP contribution in [0.5, 0.6) is 0 Å². The molecule has 0 amide bonds. The summed E-state index contributed by atoms with van der Waals surface area (Å²) in [5, 5.41) is 1.11. The fourth-order valence-corrected chi connectivity index (χ4v) is 4.29. The van der Waals surface area contributed by atoms with Crippen molar-refractivity contribution in [3.05, 3.63) is 52.0 Å². The van der Waals surface area contributed by atoms with Gasteiger partial charge in [-0.2, -0.15) is 13.2 Å². The van der Waals surface area contributed by atoms with Crippen LogP contribution in [0.15, 0.2) is 40.6 Å². The van der Waals surface area contributed by atoms with Gasteiger partial charge in [0.25, 0.3) is 0 Å². The smallest absolute Gasteiger partial charge is 0.325 e. The highest BCUT2D eigenvalue weighted by molar-refractivity contribution is 6.30. The second-order valence-electron chi connectivity index (χ2n) is 7.82. The van der Waals surface area contributed by atoms with E-state index in [1.165, 1.54) is 6.08 Å². The van der Waals surface area contributed by atoms with Gasteiger partial charge in [0.15, 0.2) is 5.49 Å². The molecule has 0 bridgehead atoms. The summed E-state index contributed by atoms with van der Waals surface area (Å²) in [6, 6.07) is 1.77. The van der Waals surface area contributed by atoms with E-state index in [1.807, 2.05) is 13.8 Å². The quantitative estimate of drug-likeness (QED) is 0.615. The van der Waals surface area contributed by atoms with Crippen LogP contribution in [-0.2, 0) is 0 Å². The summed E-state index contributed by atoms with van der Waals surface area (Å²) in [5.74, 6) is 0.490. The normalized spacial score (nSPS) is 21.9. The highest BCUT2D eigenvalue weighted by atomic mass is 35.5. The molecule has 4 nitrogen and oxygen atoms in total. The van der Waals surface area contributed by atoms with Gasteiger partial charge in [-0.05, 0) is 46.1 Å². The largest absolute Gasteiger partial charge is 0.416 e. The van der Waals surface area contributed by atoms with Crippen molar-refractivity contribution in [1.82, 2.24) is 14.5 Å². The zero-order valence-corrected chi connectivity index (χ0v) is 17.2. The number of hydrogen-bond acceptors (Lipinski definition) is 3. The predicted octanol–water partition coefficient (Wildman–Crippen LogP) is 5.47. The van der Waals surface area contributed by atoms with Gasteiger partial charge in [-0.15, -0.1) is 0 Å². The average Bonchev–Trinajstić information content (AvgIpc) is 3.46. The highest BCUT2D eigenvalue weighted by Crippen LogP contribution is 2.39. The molecular formula is C21H22ClF3N4. The Labute approximate surface area is 171 Å². The van der Waals surface area contributed by atoms with Gasteiger partial charge in [0.2, 0.25) is 0 Å². The second kappa shape index (κ2) is 7.27. The van der Waals surface area contributed by atoms with E-state index < -0.39 is 11.7 Å². The van der Waals surface area contributed by atoms with Crippen molar-refractivity contribution in [2.45, 2.75) is 58.3 Å². The Morgan fingerprint density at radius 2 is 2.00 bits per heavy atom. The first-order chi connectivity index (χ1) is 13.7. The maximum atomic E-state index is 13.3. The van der Waals surface area contributed by atoms with Crippen molar-refractivity contribution in [1.29, 1.82) is 0 Å². The van der Waals surface area contributed by atoms with Crippen LogP contribution in [0, 0.1) is 12.8 Å². The lowest BCUT2D eigenvalue weighted by atomic mass is 9.83. The lowest BCUT2D eigenvalue weighted by molar-refractivity contribution is -0.0897. The number of aromatic nitrogens is 3. The Hall–Kier alpha value is -2.15. The van der Waals surface area contributed by atoms with E-state index in [0.29, 0.717) is 28.7 Å². The van der Waals surface area contributed by atoms with Gasteiger partial charge in [-0.3, -0.25) is 4.99 Å². The fourth-order valence-electron chi connectivity index (χ4n) is 4.13. The number of halogens is 4. The van der Waals surface area contributed by atoms with Crippen LogP contribution in [-0.4, -0.2) is 26.8 Å². The van der Waals surface area contributed by atoms with Crippen molar-refractivity contribution >= 4 is 22.5 Å². The van der Waals surface area contributed by atoms with E-state index in [4.69, 9.17) is 16.6 Å². The summed E-state index contributed by atoms with van der Waals surface area (Å²) in [5.41, 5.74) is 1.15. The first kappa shape index (κ1) is 20.1. The summed E-state index contributed by atoms with van der Waals surface area (Å²) in [7, 11) is 0. The Morgan fingerprint density at radius 1 is 1.28 bits per heavy atom. The van der Waals surface area contributed by atoms with Gasteiger partial charge in [0.05, 0.1) is 23.3 Å². The molecule has 0 spiro atoms. The van der Waals surface area contributed by atoms with Crippen molar-refractivity contribution in [3.63, 3.8) is 0 Å². The second-order valence-corrected chi connectivity index (χ2v) is 8.20. The maximum Gasteiger partial charge on any atom is 0.416 e. The monoisotopic (exact) mass is 422 g/mol. The first-order valence-electron chi connectivity index (χ1n) is 9.69. The van der Waals surface area contributed by atoms with Gasteiger partial charge in [-0.1, -0.05) is 29.3 Å². The third kappa shape index (κ3) is 3.84. The number of nitrogens with zero attached hydrogens (tertiary/aromatic N) is 4. The van der Waals surface area contributed by atoms with Gasteiger partial charge in [0, 0.05) is 17.3 Å². The molecule has 2 aliphatic rings. The standard InChI is InChI=1S/C21H22ClF3N4/c1-11-15(5-4-6-17(11)21(23,24)25)12(2)27-20-16-9-19(22)26-10-18(16)29(13(3)28-20)14-7-8-14/h4,6,9-10,12,14-15H,5,7-8H2,1-3H3/t12-,15?/m1/s1. The van der Waals surface area contributed by atoms with Crippen LogP contribution in [0.4, 0.5) is 13.2 Å². The third-order valence-corrected chi connectivity index (χ3v) is 5.95. The van der Waals surface area contributed by atoms with E-state index in [2.05, 4.69) is 14.5 Å². The average molecular weight is 423 g/mol. The molecule has 0 radical (unpaired) electrons. The van der Waals surface area contributed by atoms with Gasteiger partial charge >= 0.3 is 6.18 Å². The third-order valence-electron chi connectivity index (χ3n) is 5.75.